The molecule has 0 fully saturated rings. The summed E-state index contributed by atoms with van der Waals surface area (Å²) in [4.78, 5) is 20.2. The molecule has 2 aromatic carbocycles. The summed E-state index contributed by atoms with van der Waals surface area (Å²) in [7, 11) is 1.79. The average molecular weight is 375 g/mol. The van der Waals surface area contributed by atoms with Crippen LogP contribution in [0.1, 0.15) is 6.92 Å². The van der Waals surface area contributed by atoms with Gasteiger partial charge in [0.2, 0.25) is 11.8 Å². The van der Waals surface area contributed by atoms with Gasteiger partial charge in [0.1, 0.15) is 16.9 Å². The van der Waals surface area contributed by atoms with Gasteiger partial charge >= 0.3 is 0 Å². The van der Waals surface area contributed by atoms with Gasteiger partial charge in [0.25, 0.3) is 0 Å². The van der Waals surface area contributed by atoms with Gasteiger partial charge in [0.05, 0.1) is 6.20 Å². The number of carbonyl (C=O) groups excluding carboxylic acids is 1. The van der Waals surface area contributed by atoms with E-state index in [-0.39, 0.29) is 11.7 Å². The summed E-state index contributed by atoms with van der Waals surface area (Å²) in [6.07, 6.45) is 1.64. The molecule has 0 aliphatic heterocycles. The number of ether oxygens (including phenoxy) is 1. The van der Waals surface area contributed by atoms with E-state index >= 15 is 0 Å². The molecule has 8 heteroatoms. The van der Waals surface area contributed by atoms with Gasteiger partial charge in [-0.15, -0.1) is 0 Å². The maximum absolute atomic E-state index is 11.1. The number of hydrogen-bond donors (Lipinski definition) is 2. The van der Waals surface area contributed by atoms with E-state index in [1.165, 1.54) is 6.92 Å². The molecule has 0 aliphatic rings. The van der Waals surface area contributed by atoms with Gasteiger partial charge in [-0.2, -0.15) is 10.1 Å². The summed E-state index contributed by atoms with van der Waals surface area (Å²) in [5.74, 6) is 1.31. The first kappa shape index (κ1) is 17.5. The van der Waals surface area contributed by atoms with Crippen LogP contribution in [0.5, 0.6) is 17.4 Å². The molecule has 0 saturated carbocycles. The van der Waals surface area contributed by atoms with E-state index in [9.17, 15) is 9.90 Å². The predicted octanol–water partition coefficient (Wildman–Crippen LogP) is 3.49. The minimum Gasteiger partial charge on any atom is -0.508 e. The van der Waals surface area contributed by atoms with Gasteiger partial charge in [-0.1, -0.05) is 12.1 Å². The molecule has 0 aliphatic carbocycles. The van der Waals surface area contributed by atoms with Gasteiger partial charge in [-0.25, -0.2) is 4.98 Å². The number of nitrogens with zero attached hydrogens (tertiary/aromatic N) is 4. The number of benzene rings is 2. The number of carbonyl (C=O) groups is 1. The molecular weight excluding hydrogens is 358 g/mol. The first-order valence-electron chi connectivity index (χ1n) is 8.54. The number of nitrogens with one attached hydrogen (secondary N) is 1. The number of phenols is 1. The molecule has 4 rings (SSSR count). The first-order chi connectivity index (χ1) is 13.5. The van der Waals surface area contributed by atoms with Crippen LogP contribution in [0.3, 0.4) is 0 Å². The van der Waals surface area contributed by atoms with Crippen molar-refractivity contribution >= 4 is 22.6 Å². The van der Waals surface area contributed by atoms with Crippen LogP contribution in [0.25, 0.3) is 22.4 Å². The van der Waals surface area contributed by atoms with Crippen LogP contribution >= 0.6 is 0 Å². The Morgan fingerprint density at radius 1 is 1.14 bits per heavy atom. The standard InChI is InChI=1S/C20H17N5O3/c1-12(26)22-14-6-8-16(9-7-14)28-20-17-11-21-25(2)19(17)23-18(24-20)13-4-3-5-15(27)10-13/h3-11,27H,1-2H3,(H,22,26). The number of rotatable bonds is 4. The molecule has 0 radical (unpaired) electrons. The minimum absolute atomic E-state index is 0.127. The number of aromatic nitrogens is 4. The third-order valence-corrected chi connectivity index (χ3v) is 4.05. The quantitative estimate of drug-likeness (QED) is 0.566. The second-order valence-electron chi connectivity index (χ2n) is 6.22. The van der Waals surface area contributed by atoms with Crippen molar-refractivity contribution < 1.29 is 14.6 Å². The van der Waals surface area contributed by atoms with Crippen LogP contribution in [0, 0.1) is 0 Å². The molecular formula is C20H17N5O3. The molecule has 0 atom stereocenters. The van der Waals surface area contributed by atoms with Crippen molar-refractivity contribution in [1.29, 1.82) is 0 Å². The third kappa shape index (κ3) is 3.48. The summed E-state index contributed by atoms with van der Waals surface area (Å²) < 4.78 is 7.61. The topological polar surface area (TPSA) is 102 Å². The van der Waals surface area contributed by atoms with Crippen LogP contribution in [0.15, 0.2) is 54.7 Å². The molecule has 2 N–H and O–H groups in total. The summed E-state index contributed by atoms with van der Waals surface area (Å²) in [5.41, 5.74) is 1.95. The van der Waals surface area contributed by atoms with Gasteiger partial charge in [-0.05, 0) is 36.4 Å². The lowest BCUT2D eigenvalue weighted by molar-refractivity contribution is -0.114. The number of aryl methyl sites for hydroxylation is 1. The fourth-order valence-corrected chi connectivity index (χ4v) is 2.77. The molecule has 2 aromatic heterocycles. The Bertz CT molecular complexity index is 1170. The van der Waals surface area contributed by atoms with Crippen LogP contribution in [0.2, 0.25) is 0 Å². The highest BCUT2D eigenvalue weighted by Gasteiger charge is 2.15. The predicted molar refractivity (Wildman–Crippen MR) is 104 cm³/mol. The van der Waals surface area contributed by atoms with Crippen LogP contribution in [-0.4, -0.2) is 30.8 Å². The van der Waals surface area contributed by atoms with Crippen molar-refractivity contribution in [3.8, 4) is 28.8 Å². The van der Waals surface area contributed by atoms with E-state index in [0.717, 1.165) is 0 Å². The number of aromatic hydroxyl groups is 1. The number of phenolic OH excluding ortho intramolecular Hbond substituents is 1. The molecule has 0 saturated heterocycles. The molecule has 0 unspecified atom stereocenters. The van der Waals surface area contributed by atoms with Gasteiger partial charge in [-0.3, -0.25) is 9.48 Å². The van der Waals surface area contributed by atoms with Crippen molar-refractivity contribution in [1.82, 2.24) is 19.7 Å². The largest absolute Gasteiger partial charge is 0.508 e. The normalized spacial score (nSPS) is 10.8. The Kier molecular flexibility index (Phi) is 4.36. The van der Waals surface area contributed by atoms with Crippen LogP contribution < -0.4 is 10.1 Å². The number of amides is 1. The third-order valence-electron chi connectivity index (χ3n) is 4.05. The second-order valence-corrected chi connectivity index (χ2v) is 6.22. The molecule has 0 spiro atoms. The summed E-state index contributed by atoms with van der Waals surface area (Å²) in [5, 5.41) is 17.4. The summed E-state index contributed by atoms with van der Waals surface area (Å²) in [6, 6.07) is 13.7. The monoisotopic (exact) mass is 375 g/mol. The average Bonchev–Trinajstić information content (AvgIpc) is 3.04. The highest BCUT2D eigenvalue weighted by atomic mass is 16.5. The van der Waals surface area contributed by atoms with Crippen molar-refractivity contribution in [2.24, 2.45) is 7.05 Å². The lowest BCUT2D eigenvalue weighted by Gasteiger charge is -2.09. The van der Waals surface area contributed by atoms with E-state index in [1.807, 2.05) is 6.07 Å². The lowest BCUT2D eigenvalue weighted by atomic mass is 10.2. The fraction of sp³-hybridized carbons (Fsp3) is 0.100. The Morgan fingerprint density at radius 3 is 2.64 bits per heavy atom. The minimum atomic E-state index is -0.141. The molecule has 2 heterocycles. The number of hydrogen-bond acceptors (Lipinski definition) is 6. The first-order valence-corrected chi connectivity index (χ1v) is 8.54. The van der Waals surface area contributed by atoms with E-state index in [1.54, 1.807) is 60.4 Å². The van der Waals surface area contributed by atoms with E-state index in [0.29, 0.717) is 39.7 Å². The Labute approximate surface area is 160 Å². The van der Waals surface area contributed by atoms with Crippen LogP contribution in [0.4, 0.5) is 5.69 Å². The zero-order valence-electron chi connectivity index (χ0n) is 15.2. The molecule has 8 nitrogen and oxygen atoms in total. The van der Waals surface area contributed by atoms with E-state index < -0.39 is 0 Å². The zero-order valence-corrected chi connectivity index (χ0v) is 15.2. The Morgan fingerprint density at radius 2 is 1.93 bits per heavy atom. The highest BCUT2D eigenvalue weighted by molar-refractivity contribution is 5.88. The molecule has 4 aromatic rings. The van der Waals surface area contributed by atoms with Crippen molar-refractivity contribution in [2.45, 2.75) is 6.92 Å². The summed E-state index contributed by atoms with van der Waals surface area (Å²) in [6.45, 7) is 1.45. The lowest BCUT2D eigenvalue weighted by Crippen LogP contribution is -2.05. The zero-order chi connectivity index (χ0) is 19.7. The van der Waals surface area contributed by atoms with E-state index in [2.05, 4.69) is 20.4 Å². The maximum Gasteiger partial charge on any atom is 0.234 e. The van der Waals surface area contributed by atoms with Gasteiger partial charge in [0.15, 0.2) is 11.5 Å². The van der Waals surface area contributed by atoms with Crippen molar-refractivity contribution in [3.05, 3.63) is 54.7 Å². The van der Waals surface area contributed by atoms with Crippen LogP contribution in [-0.2, 0) is 11.8 Å². The second kappa shape index (κ2) is 6.99. The Hall–Kier alpha value is -3.94. The summed E-state index contributed by atoms with van der Waals surface area (Å²) >= 11 is 0. The molecule has 0 bridgehead atoms. The number of fused-ring (bicyclic) bond motifs is 1. The van der Waals surface area contributed by atoms with Gasteiger partial charge < -0.3 is 15.2 Å². The van der Waals surface area contributed by atoms with Crippen molar-refractivity contribution in [3.63, 3.8) is 0 Å². The molecule has 28 heavy (non-hydrogen) atoms. The van der Waals surface area contributed by atoms with Crippen molar-refractivity contribution in [2.75, 3.05) is 5.32 Å². The highest BCUT2D eigenvalue weighted by Crippen LogP contribution is 2.31. The SMILES string of the molecule is CC(=O)Nc1ccc(Oc2nc(-c3cccc(O)c3)nc3c2cnn3C)cc1. The number of anilines is 1. The Balaban J connectivity index is 1.74. The molecule has 140 valence electrons. The van der Waals surface area contributed by atoms with E-state index in [4.69, 9.17) is 4.74 Å². The maximum atomic E-state index is 11.1. The molecule has 1 amide bonds. The van der Waals surface area contributed by atoms with Gasteiger partial charge in [0, 0.05) is 25.2 Å². The fourth-order valence-electron chi connectivity index (χ4n) is 2.77. The smallest absolute Gasteiger partial charge is 0.234 e.